The Balaban J connectivity index is 0.000000891. The van der Waals surface area contributed by atoms with Gasteiger partial charge in [0.05, 0.1) is 17.4 Å². The van der Waals surface area contributed by atoms with Crippen molar-refractivity contribution in [2.75, 3.05) is 37.9 Å². The number of carbonyl (C=O) groups excluding carboxylic acids is 1. The molecule has 1 aliphatic heterocycles. The zero-order valence-corrected chi connectivity index (χ0v) is 15.2. The van der Waals surface area contributed by atoms with E-state index in [1.807, 2.05) is 44.2 Å². The first kappa shape index (κ1) is 20.3. The molecule has 1 amide bonds. The van der Waals surface area contributed by atoms with Crippen LogP contribution in [0.15, 0.2) is 18.2 Å². The molecule has 1 aromatic rings. The monoisotopic (exact) mass is 355 g/mol. The van der Waals surface area contributed by atoms with E-state index in [9.17, 15) is 4.79 Å². The standard InChI is InChI=1S/C16H24ClN3O.CH2O2/c1-19(2)14-9-8-12(17)11-13(14)18-16(21)15-7-5-4-6-10-20(15)3;2-1-3/h8-9,11,15H,4-7,10H2,1-3H3,(H,18,21);1H,(H,2,3). The van der Waals surface area contributed by atoms with Crippen LogP contribution in [0.25, 0.3) is 0 Å². The van der Waals surface area contributed by atoms with Crippen molar-refractivity contribution in [3.05, 3.63) is 23.2 Å². The third-order valence-electron chi connectivity index (χ3n) is 4.02. The lowest BCUT2D eigenvalue weighted by Crippen LogP contribution is -2.41. The topological polar surface area (TPSA) is 72.9 Å². The van der Waals surface area contributed by atoms with Crippen LogP contribution in [0, 0.1) is 0 Å². The van der Waals surface area contributed by atoms with Gasteiger partial charge in [0.25, 0.3) is 6.47 Å². The van der Waals surface area contributed by atoms with Gasteiger partial charge in [-0.2, -0.15) is 0 Å². The number of rotatable bonds is 3. The first-order valence-corrected chi connectivity index (χ1v) is 8.34. The molecule has 1 saturated heterocycles. The third kappa shape index (κ3) is 6.02. The van der Waals surface area contributed by atoms with Crippen molar-refractivity contribution in [1.29, 1.82) is 0 Å². The minimum atomic E-state index is -0.250. The molecule has 0 radical (unpaired) electrons. The second kappa shape index (κ2) is 10.2. The molecule has 2 rings (SSSR count). The van der Waals surface area contributed by atoms with E-state index in [0.717, 1.165) is 30.8 Å². The Morgan fingerprint density at radius 1 is 1.38 bits per heavy atom. The number of hydrogen-bond acceptors (Lipinski definition) is 4. The number of nitrogens with one attached hydrogen (secondary N) is 1. The summed E-state index contributed by atoms with van der Waals surface area (Å²) in [6.07, 6.45) is 4.40. The zero-order valence-electron chi connectivity index (χ0n) is 14.5. The Kier molecular flexibility index (Phi) is 8.57. The van der Waals surface area contributed by atoms with E-state index in [0.29, 0.717) is 5.02 Å². The zero-order chi connectivity index (χ0) is 18.1. The summed E-state index contributed by atoms with van der Waals surface area (Å²) in [5.74, 6) is 0.0600. The maximum atomic E-state index is 12.6. The van der Waals surface area contributed by atoms with Crippen LogP contribution in [0.1, 0.15) is 25.7 Å². The summed E-state index contributed by atoms with van der Waals surface area (Å²) in [5, 5.41) is 10.6. The fourth-order valence-electron chi connectivity index (χ4n) is 2.80. The molecule has 0 aromatic heterocycles. The number of nitrogens with zero attached hydrogens (tertiary/aromatic N) is 2. The van der Waals surface area contributed by atoms with Crippen molar-refractivity contribution in [2.24, 2.45) is 0 Å². The third-order valence-corrected chi connectivity index (χ3v) is 4.26. The molecule has 1 aromatic carbocycles. The van der Waals surface area contributed by atoms with E-state index < -0.39 is 0 Å². The van der Waals surface area contributed by atoms with Gasteiger partial charge in [-0.15, -0.1) is 0 Å². The lowest BCUT2D eigenvalue weighted by Gasteiger charge is -2.26. The molecule has 1 aliphatic rings. The van der Waals surface area contributed by atoms with Crippen molar-refractivity contribution < 1.29 is 14.7 Å². The van der Waals surface area contributed by atoms with Crippen molar-refractivity contribution in [2.45, 2.75) is 31.7 Å². The number of hydrogen-bond donors (Lipinski definition) is 2. The van der Waals surface area contributed by atoms with Crippen LogP contribution in [-0.4, -0.2) is 56.1 Å². The number of carbonyl (C=O) groups is 2. The summed E-state index contributed by atoms with van der Waals surface area (Å²) in [7, 11) is 5.94. The fourth-order valence-corrected chi connectivity index (χ4v) is 2.97. The molecule has 1 fully saturated rings. The summed E-state index contributed by atoms with van der Waals surface area (Å²) in [4.78, 5) is 25.1. The molecule has 134 valence electrons. The highest BCUT2D eigenvalue weighted by Gasteiger charge is 2.25. The average molecular weight is 356 g/mol. The van der Waals surface area contributed by atoms with Crippen LogP contribution in [0.4, 0.5) is 11.4 Å². The van der Waals surface area contributed by atoms with E-state index in [1.54, 1.807) is 0 Å². The van der Waals surface area contributed by atoms with Gasteiger partial charge in [0, 0.05) is 19.1 Å². The van der Waals surface area contributed by atoms with Gasteiger partial charge < -0.3 is 15.3 Å². The van der Waals surface area contributed by atoms with Crippen molar-refractivity contribution in [1.82, 2.24) is 4.90 Å². The molecule has 7 heteroatoms. The van der Waals surface area contributed by atoms with Crippen LogP contribution < -0.4 is 10.2 Å². The fraction of sp³-hybridized carbons (Fsp3) is 0.529. The molecule has 1 atom stereocenters. The molecular weight excluding hydrogens is 330 g/mol. The predicted molar refractivity (Wildman–Crippen MR) is 98.0 cm³/mol. The summed E-state index contributed by atoms with van der Waals surface area (Å²) in [5.41, 5.74) is 1.74. The molecular formula is C17H26ClN3O3. The number of amides is 1. The summed E-state index contributed by atoms with van der Waals surface area (Å²) in [6.45, 7) is 0.730. The highest BCUT2D eigenvalue weighted by Crippen LogP contribution is 2.28. The lowest BCUT2D eigenvalue weighted by atomic mass is 10.1. The van der Waals surface area contributed by atoms with Gasteiger partial charge in [0.2, 0.25) is 5.91 Å². The lowest BCUT2D eigenvalue weighted by molar-refractivity contribution is -0.123. The number of anilines is 2. The first-order valence-electron chi connectivity index (χ1n) is 7.96. The van der Waals surface area contributed by atoms with E-state index in [4.69, 9.17) is 21.5 Å². The minimum Gasteiger partial charge on any atom is -0.483 e. The molecule has 24 heavy (non-hydrogen) atoms. The largest absolute Gasteiger partial charge is 0.483 e. The number of likely N-dealkylation sites (tertiary alicyclic amines) is 1. The van der Waals surface area contributed by atoms with Gasteiger partial charge in [-0.3, -0.25) is 14.5 Å². The molecule has 0 bridgehead atoms. The second-order valence-corrected chi connectivity index (χ2v) is 6.43. The molecule has 1 heterocycles. The van der Waals surface area contributed by atoms with Crippen LogP contribution in [0.3, 0.4) is 0 Å². The van der Waals surface area contributed by atoms with Crippen molar-refractivity contribution >= 4 is 35.4 Å². The van der Waals surface area contributed by atoms with Crippen molar-refractivity contribution in [3.8, 4) is 0 Å². The quantitative estimate of drug-likeness (QED) is 0.815. The van der Waals surface area contributed by atoms with Gasteiger partial charge in [0.15, 0.2) is 0 Å². The number of likely N-dealkylation sites (N-methyl/N-ethyl adjacent to an activating group) is 1. The van der Waals surface area contributed by atoms with E-state index in [2.05, 4.69) is 10.2 Å². The Bertz CT molecular complexity index is 552. The van der Waals surface area contributed by atoms with Gasteiger partial charge >= 0.3 is 0 Å². The van der Waals surface area contributed by atoms with E-state index in [1.165, 1.54) is 12.8 Å². The van der Waals surface area contributed by atoms with E-state index >= 15 is 0 Å². The Hall–Kier alpha value is -1.79. The first-order chi connectivity index (χ1) is 11.4. The van der Waals surface area contributed by atoms with Crippen LogP contribution in [-0.2, 0) is 9.59 Å². The summed E-state index contributed by atoms with van der Waals surface area (Å²) < 4.78 is 0. The normalized spacial score (nSPS) is 17.9. The van der Waals surface area contributed by atoms with Gasteiger partial charge in [-0.05, 0) is 44.6 Å². The van der Waals surface area contributed by atoms with Gasteiger partial charge in [-0.1, -0.05) is 24.4 Å². The Morgan fingerprint density at radius 3 is 2.67 bits per heavy atom. The SMILES string of the molecule is CN(C)c1ccc(Cl)cc1NC(=O)C1CCCCCN1C.O=CO. The average Bonchev–Trinajstić information content (AvgIpc) is 2.72. The van der Waals surface area contributed by atoms with Gasteiger partial charge in [-0.25, -0.2) is 0 Å². The maximum Gasteiger partial charge on any atom is 0.290 e. The number of carboxylic acid groups (broad SMARTS) is 1. The second-order valence-electron chi connectivity index (χ2n) is 6.00. The minimum absolute atomic E-state index is 0.0542. The smallest absolute Gasteiger partial charge is 0.290 e. The number of benzene rings is 1. The molecule has 0 saturated carbocycles. The number of halogens is 1. The van der Waals surface area contributed by atoms with E-state index in [-0.39, 0.29) is 18.4 Å². The highest BCUT2D eigenvalue weighted by molar-refractivity contribution is 6.31. The molecule has 0 spiro atoms. The van der Waals surface area contributed by atoms with Crippen LogP contribution >= 0.6 is 11.6 Å². The predicted octanol–water partition coefficient (Wildman–Crippen LogP) is 2.92. The van der Waals surface area contributed by atoms with Crippen LogP contribution in [0.5, 0.6) is 0 Å². The van der Waals surface area contributed by atoms with Gasteiger partial charge in [0.1, 0.15) is 0 Å². The molecule has 6 nitrogen and oxygen atoms in total. The van der Waals surface area contributed by atoms with Crippen molar-refractivity contribution in [3.63, 3.8) is 0 Å². The van der Waals surface area contributed by atoms with Crippen LogP contribution in [0.2, 0.25) is 5.02 Å². The summed E-state index contributed by atoms with van der Waals surface area (Å²) >= 11 is 6.07. The highest BCUT2D eigenvalue weighted by atomic mass is 35.5. The Labute approximate surface area is 148 Å². The molecule has 2 N–H and O–H groups in total. The summed E-state index contributed by atoms with van der Waals surface area (Å²) in [6, 6.07) is 5.52. The Morgan fingerprint density at radius 2 is 2.04 bits per heavy atom. The maximum absolute atomic E-state index is 12.6. The molecule has 1 unspecified atom stereocenters. The molecule has 0 aliphatic carbocycles.